The first-order valence-electron chi connectivity index (χ1n) is 6.96. The Morgan fingerprint density at radius 2 is 2.14 bits per heavy atom. The largest absolute Gasteiger partial charge is 0.444 e. The third-order valence-corrected chi connectivity index (χ3v) is 3.24. The van der Waals surface area contributed by atoms with Crippen LogP contribution >= 0.6 is 0 Å². The molecule has 0 atom stereocenters. The van der Waals surface area contributed by atoms with Crippen molar-refractivity contribution in [3.05, 3.63) is 22.8 Å². The monoisotopic (exact) mass is 292 g/mol. The molecule has 0 spiro atoms. The molecule has 1 aliphatic rings. The van der Waals surface area contributed by atoms with Crippen LogP contribution in [0.1, 0.15) is 39.7 Å². The Bertz CT molecular complexity index is 547. The molecule has 1 aliphatic heterocycles. The molecule has 1 aromatic rings. The molecule has 0 aliphatic carbocycles. The first kappa shape index (κ1) is 15.2. The van der Waals surface area contributed by atoms with Crippen LogP contribution in [-0.4, -0.2) is 39.5 Å². The summed E-state index contributed by atoms with van der Waals surface area (Å²) in [7, 11) is 0. The van der Waals surface area contributed by atoms with E-state index in [1.54, 1.807) is 22.0 Å². The number of amides is 1. The van der Waals surface area contributed by atoms with E-state index >= 15 is 0 Å². The van der Waals surface area contributed by atoms with Crippen LogP contribution in [-0.2, 0) is 4.74 Å². The van der Waals surface area contributed by atoms with E-state index in [2.05, 4.69) is 15.1 Å². The van der Waals surface area contributed by atoms with E-state index in [0.29, 0.717) is 18.8 Å². The second-order valence-corrected chi connectivity index (χ2v) is 6.07. The highest BCUT2D eigenvalue weighted by Gasteiger charge is 2.27. The molecule has 8 nitrogen and oxygen atoms in total. The zero-order valence-electron chi connectivity index (χ0n) is 12.6. The smallest absolute Gasteiger partial charge is 0.410 e. The quantitative estimate of drug-likeness (QED) is 0.474. The number of rotatable bonds is 2. The molecule has 0 aromatic carbocycles. The van der Waals surface area contributed by atoms with Crippen LogP contribution in [0.4, 0.5) is 10.5 Å². The summed E-state index contributed by atoms with van der Waals surface area (Å²) in [4.78, 5) is 16.4. The fraction of sp³-hybridized carbons (Fsp3) is 0.692. The minimum atomic E-state index is -0.472. The van der Waals surface area contributed by atoms with Crippen LogP contribution < -0.4 is 0 Å². The highest BCUT2D eigenvalue weighted by atomic mass is 16.6. The summed E-state index contributed by atoms with van der Waals surface area (Å²) in [5, 5.41) is 7.72. The fourth-order valence-electron chi connectivity index (χ4n) is 2.27. The molecule has 1 amide bonds. The third kappa shape index (κ3) is 4.13. The molecule has 0 unspecified atom stereocenters. The average molecular weight is 292 g/mol. The summed E-state index contributed by atoms with van der Waals surface area (Å²) in [5.41, 5.74) is 8.43. The van der Waals surface area contributed by atoms with Gasteiger partial charge in [-0.15, -0.1) is 0 Å². The summed E-state index contributed by atoms with van der Waals surface area (Å²) in [5.74, 6) is 0. The van der Waals surface area contributed by atoms with Gasteiger partial charge in [-0.1, -0.05) is 5.11 Å². The van der Waals surface area contributed by atoms with E-state index in [-0.39, 0.29) is 12.1 Å². The molecule has 0 radical (unpaired) electrons. The molecule has 8 heteroatoms. The second-order valence-electron chi connectivity index (χ2n) is 6.07. The van der Waals surface area contributed by atoms with Crippen molar-refractivity contribution in [2.75, 3.05) is 13.1 Å². The van der Waals surface area contributed by atoms with Gasteiger partial charge in [-0.25, -0.2) is 4.79 Å². The Morgan fingerprint density at radius 3 is 2.71 bits per heavy atom. The molecular weight excluding hydrogens is 272 g/mol. The van der Waals surface area contributed by atoms with Crippen molar-refractivity contribution in [3.8, 4) is 0 Å². The standard InChI is InChI=1S/C13H20N6O2/c1-13(2,3)21-12(20)18-6-4-11(5-7-18)19-9-10(8-15-19)16-17-14/h8-9,11H,4-7H2,1-3H3. The molecule has 1 saturated heterocycles. The van der Waals surface area contributed by atoms with Crippen LogP contribution in [0, 0.1) is 0 Å². The van der Waals surface area contributed by atoms with Crippen molar-refractivity contribution in [1.82, 2.24) is 14.7 Å². The van der Waals surface area contributed by atoms with Gasteiger partial charge in [-0.3, -0.25) is 4.68 Å². The molecule has 0 N–H and O–H groups in total. The van der Waals surface area contributed by atoms with Gasteiger partial charge < -0.3 is 9.64 Å². The molecule has 21 heavy (non-hydrogen) atoms. The first-order chi connectivity index (χ1) is 9.89. The minimum absolute atomic E-state index is 0.214. The molecule has 2 rings (SSSR count). The third-order valence-electron chi connectivity index (χ3n) is 3.24. The van der Waals surface area contributed by atoms with E-state index < -0.39 is 5.60 Å². The number of piperidine rings is 1. The van der Waals surface area contributed by atoms with Crippen LogP contribution in [0.25, 0.3) is 10.4 Å². The fourth-order valence-corrected chi connectivity index (χ4v) is 2.27. The van der Waals surface area contributed by atoms with E-state index in [0.717, 1.165) is 12.8 Å². The van der Waals surface area contributed by atoms with Crippen molar-refractivity contribution in [1.29, 1.82) is 0 Å². The number of hydrogen-bond acceptors (Lipinski definition) is 4. The molecule has 1 aromatic heterocycles. The first-order valence-corrected chi connectivity index (χ1v) is 6.96. The maximum Gasteiger partial charge on any atom is 0.410 e. The van der Waals surface area contributed by atoms with E-state index in [9.17, 15) is 4.79 Å². The number of nitrogens with zero attached hydrogens (tertiary/aromatic N) is 6. The summed E-state index contributed by atoms with van der Waals surface area (Å²) in [6, 6.07) is 0.214. The predicted octanol–water partition coefficient (Wildman–Crippen LogP) is 3.40. The number of hydrogen-bond donors (Lipinski definition) is 0. The lowest BCUT2D eigenvalue weighted by molar-refractivity contribution is 0.0185. The average Bonchev–Trinajstić information content (AvgIpc) is 2.86. The summed E-state index contributed by atoms with van der Waals surface area (Å²) in [6.45, 7) is 6.85. The van der Waals surface area contributed by atoms with Crippen LogP contribution in [0.15, 0.2) is 17.5 Å². The maximum absolute atomic E-state index is 12.0. The van der Waals surface area contributed by atoms with Gasteiger partial charge in [0.1, 0.15) is 5.60 Å². The van der Waals surface area contributed by atoms with E-state index in [4.69, 9.17) is 10.3 Å². The molecular formula is C13H20N6O2. The van der Waals surface area contributed by atoms with Crippen molar-refractivity contribution in [2.45, 2.75) is 45.3 Å². The van der Waals surface area contributed by atoms with Gasteiger partial charge >= 0.3 is 6.09 Å². The van der Waals surface area contributed by atoms with Gasteiger partial charge in [0, 0.05) is 24.2 Å². The molecule has 114 valence electrons. The van der Waals surface area contributed by atoms with Gasteiger partial charge in [0.05, 0.1) is 17.9 Å². The van der Waals surface area contributed by atoms with Crippen LogP contribution in [0.2, 0.25) is 0 Å². The Hall–Kier alpha value is -2.21. The molecule has 0 bridgehead atoms. The Morgan fingerprint density at radius 1 is 1.48 bits per heavy atom. The lowest BCUT2D eigenvalue weighted by Gasteiger charge is -2.33. The highest BCUT2D eigenvalue weighted by molar-refractivity contribution is 5.68. The zero-order valence-corrected chi connectivity index (χ0v) is 12.6. The van der Waals surface area contributed by atoms with E-state index in [1.165, 1.54) is 0 Å². The zero-order chi connectivity index (χ0) is 15.5. The van der Waals surface area contributed by atoms with Crippen LogP contribution in [0.5, 0.6) is 0 Å². The highest BCUT2D eigenvalue weighted by Crippen LogP contribution is 2.25. The lowest BCUT2D eigenvalue weighted by atomic mass is 10.1. The normalized spacial score (nSPS) is 16.4. The predicted molar refractivity (Wildman–Crippen MR) is 77.1 cm³/mol. The number of azide groups is 1. The Labute approximate surface area is 123 Å². The van der Waals surface area contributed by atoms with Gasteiger partial charge in [0.15, 0.2) is 0 Å². The van der Waals surface area contributed by atoms with Gasteiger partial charge in [-0.05, 0) is 39.1 Å². The molecule has 1 fully saturated rings. The van der Waals surface area contributed by atoms with Crippen LogP contribution in [0.3, 0.4) is 0 Å². The summed E-state index contributed by atoms with van der Waals surface area (Å²) < 4.78 is 7.17. The number of aromatic nitrogens is 2. The van der Waals surface area contributed by atoms with Crippen molar-refractivity contribution in [2.24, 2.45) is 5.11 Å². The van der Waals surface area contributed by atoms with Crippen molar-refractivity contribution < 1.29 is 9.53 Å². The van der Waals surface area contributed by atoms with Gasteiger partial charge in [0.25, 0.3) is 0 Å². The van der Waals surface area contributed by atoms with Crippen molar-refractivity contribution >= 4 is 11.8 Å². The van der Waals surface area contributed by atoms with Gasteiger partial charge in [0.2, 0.25) is 0 Å². The number of ether oxygens (including phenoxy) is 1. The van der Waals surface area contributed by atoms with E-state index in [1.807, 2.05) is 20.8 Å². The van der Waals surface area contributed by atoms with Gasteiger partial charge in [-0.2, -0.15) is 5.10 Å². The minimum Gasteiger partial charge on any atom is -0.444 e. The summed E-state index contributed by atoms with van der Waals surface area (Å²) >= 11 is 0. The number of carbonyl (C=O) groups is 1. The molecule has 0 saturated carbocycles. The number of carbonyl (C=O) groups excluding carboxylic acids is 1. The second kappa shape index (κ2) is 6.05. The Kier molecular flexibility index (Phi) is 4.37. The van der Waals surface area contributed by atoms with Crippen molar-refractivity contribution in [3.63, 3.8) is 0 Å². The SMILES string of the molecule is CC(C)(C)OC(=O)N1CCC(n2cc(N=[N+]=[N-])cn2)CC1. The lowest BCUT2D eigenvalue weighted by Crippen LogP contribution is -2.42. The maximum atomic E-state index is 12.0. The Balaban J connectivity index is 1.90. The topological polar surface area (TPSA) is 96.1 Å². The molecule has 2 heterocycles. The number of likely N-dealkylation sites (tertiary alicyclic amines) is 1. The summed E-state index contributed by atoms with van der Waals surface area (Å²) in [6.07, 6.45) is 4.61.